The van der Waals surface area contributed by atoms with Crippen LogP contribution in [0.2, 0.25) is 0 Å². The molecule has 0 spiro atoms. The van der Waals surface area contributed by atoms with Gasteiger partial charge in [0, 0.05) is 5.56 Å². The van der Waals surface area contributed by atoms with E-state index in [4.69, 9.17) is 0 Å². The highest BCUT2D eigenvalue weighted by Gasteiger charge is 2.24. The Kier molecular flexibility index (Phi) is 6.27. The molecule has 0 radical (unpaired) electrons. The summed E-state index contributed by atoms with van der Waals surface area (Å²) < 4.78 is 0. The van der Waals surface area contributed by atoms with Crippen molar-refractivity contribution in [1.29, 1.82) is 0 Å². The molecule has 0 aliphatic rings. The summed E-state index contributed by atoms with van der Waals surface area (Å²) >= 11 is 0. The molecule has 0 unspecified atom stereocenters. The van der Waals surface area contributed by atoms with Gasteiger partial charge >= 0.3 is 0 Å². The Morgan fingerprint density at radius 2 is 1.95 bits per heavy atom. The number of benzene rings is 1. The van der Waals surface area contributed by atoms with E-state index in [1.54, 1.807) is 0 Å². The highest BCUT2D eigenvalue weighted by Crippen LogP contribution is 2.20. The molecule has 2 heteroatoms. The molecule has 0 saturated carbocycles. The topological polar surface area (TPSA) is 29.1 Å². The summed E-state index contributed by atoms with van der Waals surface area (Å²) in [6, 6.07) is 9.27. The van der Waals surface area contributed by atoms with E-state index in [0.717, 1.165) is 12.8 Å². The van der Waals surface area contributed by atoms with Gasteiger partial charge in [0.25, 0.3) is 5.91 Å². The predicted molar refractivity (Wildman–Crippen MR) is 84.7 cm³/mol. The fourth-order valence-electron chi connectivity index (χ4n) is 1.71. The molecule has 1 N–H and O–H groups in total. The number of amides is 1. The van der Waals surface area contributed by atoms with Gasteiger partial charge in [0.2, 0.25) is 0 Å². The lowest BCUT2D eigenvalue weighted by molar-refractivity contribution is 0.0920. The quantitative estimate of drug-likeness (QED) is 0.793. The Bertz CT molecular complexity index is 476. The Labute approximate surface area is 122 Å². The van der Waals surface area contributed by atoms with Crippen molar-refractivity contribution in [2.24, 2.45) is 5.41 Å². The molecular formula is C18H25NO. The Morgan fingerprint density at radius 1 is 1.30 bits per heavy atom. The molecule has 0 saturated heterocycles. The summed E-state index contributed by atoms with van der Waals surface area (Å²) in [6.07, 6.45) is 6.10. The summed E-state index contributed by atoms with van der Waals surface area (Å²) in [7, 11) is 0. The Balaban J connectivity index is 2.81. The van der Waals surface area contributed by atoms with E-state index < -0.39 is 0 Å². The lowest BCUT2D eigenvalue weighted by Gasteiger charge is -2.28. The van der Waals surface area contributed by atoms with Crippen LogP contribution < -0.4 is 5.32 Å². The molecule has 1 rings (SSSR count). The van der Waals surface area contributed by atoms with Crippen molar-refractivity contribution in [3.8, 4) is 0 Å². The average Bonchev–Trinajstić information content (AvgIpc) is 2.42. The normalized spacial score (nSPS) is 12.2. The molecule has 1 aromatic rings. The maximum Gasteiger partial charge on any atom is 0.251 e. The minimum Gasteiger partial charge on any atom is -0.345 e. The first-order valence-corrected chi connectivity index (χ1v) is 7.22. The van der Waals surface area contributed by atoms with E-state index in [9.17, 15) is 4.79 Å². The van der Waals surface area contributed by atoms with Gasteiger partial charge in [0.05, 0.1) is 6.04 Å². The molecule has 0 aromatic heterocycles. The highest BCUT2D eigenvalue weighted by atomic mass is 16.1. The predicted octanol–water partition coefficient (Wildman–Crippen LogP) is 4.34. The summed E-state index contributed by atoms with van der Waals surface area (Å²) in [4.78, 5) is 12.2. The largest absolute Gasteiger partial charge is 0.345 e. The lowest BCUT2D eigenvalue weighted by atomic mass is 9.86. The molecule has 2 nitrogen and oxygen atoms in total. The van der Waals surface area contributed by atoms with Crippen molar-refractivity contribution >= 4 is 5.91 Å². The van der Waals surface area contributed by atoms with Gasteiger partial charge < -0.3 is 5.32 Å². The van der Waals surface area contributed by atoms with Gasteiger partial charge in [-0.05, 0) is 36.1 Å². The van der Waals surface area contributed by atoms with Crippen LogP contribution in [0.4, 0.5) is 0 Å². The first-order valence-electron chi connectivity index (χ1n) is 7.22. The fourth-order valence-corrected chi connectivity index (χ4v) is 1.71. The minimum absolute atomic E-state index is 0.0386. The van der Waals surface area contributed by atoms with Crippen molar-refractivity contribution < 1.29 is 4.79 Å². The van der Waals surface area contributed by atoms with Crippen LogP contribution in [-0.4, -0.2) is 11.9 Å². The average molecular weight is 271 g/mol. The van der Waals surface area contributed by atoms with Crippen LogP contribution >= 0.6 is 0 Å². The number of rotatable bonds is 5. The van der Waals surface area contributed by atoms with Gasteiger partial charge in [0.1, 0.15) is 0 Å². The van der Waals surface area contributed by atoms with E-state index in [2.05, 4.69) is 38.7 Å². The van der Waals surface area contributed by atoms with Crippen molar-refractivity contribution in [3.05, 3.63) is 53.8 Å². The molecule has 0 bridgehead atoms. The molecule has 1 atom stereocenters. The zero-order chi connectivity index (χ0) is 15.0. The number of nitrogens with one attached hydrogen (secondary N) is 1. The van der Waals surface area contributed by atoms with Gasteiger partial charge in [-0.1, -0.05) is 52.3 Å². The number of carbonyl (C=O) groups excluding carboxylic acids is 1. The summed E-state index contributed by atoms with van der Waals surface area (Å²) in [5, 5.41) is 3.07. The highest BCUT2D eigenvalue weighted by molar-refractivity contribution is 5.94. The lowest BCUT2D eigenvalue weighted by Crippen LogP contribution is -2.42. The van der Waals surface area contributed by atoms with E-state index in [-0.39, 0.29) is 17.4 Å². The second kappa shape index (κ2) is 7.72. The van der Waals surface area contributed by atoms with Gasteiger partial charge in [-0.15, -0.1) is 5.73 Å². The first kappa shape index (κ1) is 16.3. The third kappa shape index (κ3) is 5.46. The van der Waals surface area contributed by atoms with E-state index in [1.165, 1.54) is 0 Å². The van der Waals surface area contributed by atoms with Crippen molar-refractivity contribution in [3.63, 3.8) is 0 Å². The van der Waals surface area contributed by atoms with Crippen molar-refractivity contribution in [2.75, 3.05) is 0 Å². The van der Waals surface area contributed by atoms with E-state index in [1.807, 2.05) is 42.5 Å². The standard InChI is InChI=1S/C18H25NO/c1-5-6-7-11-14-16(18(2,3)4)19-17(20)15-12-9-8-10-13-15/h7-10,12-14,16H,5-6H2,1-4H3,(H,19,20)/t11?,16-/m0/s1. The molecule has 1 aromatic carbocycles. The van der Waals surface area contributed by atoms with Gasteiger partial charge in [-0.3, -0.25) is 4.79 Å². The molecule has 0 heterocycles. The summed E-state index contributed by atoms with van der Waals surface area (Å²) in [5.74, 6) is -0.0425. The van der Waals surface area contributed by atoms with Crippen LogP contribution in [0.15, 0.2) is 48.2 Å². The van der Waals surface area contributed by atoms with Crippen LogP contribution in [0.5, 0.6) is 0 Å². The van der Waals surface area contributed by atoms with Crippen LogP contribution in [0.25, 0.3) is 0 Å². The molecular weight excluding hydrogens is 246 g/mol. The smallest absolute Gasteiger partial charge is 0.251 e. The molecule has 0 aliphatic carbocycles. The minimum atomic E-state index is -0.0442. The fraction of sp³-hybridized carbons (Fsp3) is 0.444. The maximum atomic E-state index is 12.2. The number of carbonyl (C=O) groups is 1. The molecule has 0 aliphatic heterocycles. The van der Waals surface area contributed by atoms with E-state index >= 15 is 0 Å². The van der Waals surface area contributed by atoms with Crippen LogP contribution in [-0.2, 0) is 0 Å². The number of hydrogen-bond acceptors (Lipinski definition) is 1. The van der Waals surface area contributed by atoms with Crippen molar-refractivity contribution in [2.45, 2.75) is 46.6 Å². The molecule has 1 amide bonds. The van der Waals surface area contributed by atoms with Gasteiger partial charge in [0.15, 0.2) is 0 Å². The van der Waals surface area contributed by atoms with E-state index in [0.29, 0.717) is 5.56 Å². The third-order valence-electron chi connectivity index (χ3n) is 3.07. The molecule has 20 heavy (non-hydrogen) atoms. The Morgan fingerprint density at radius 3 is 2.50 bits per heavy atom. The first-order chi connectivity index (χ1) is 9.45. The molecule has 0 fully saturated rings. The number of hydrogen-bond donors (Lipinski definition) is 1. The van der Waals surface area contributed by atoms with Crippen LogP contribution in [0, 0.1) is 5.41 Å². The van der Waals surface area contributed by atoms with Crippen molar-refractivity contribution in [1.82, 2.24) is 5.32 Å². The SMILES string of the molecule is CCCC=C=C[C@H](NC(=O)c1ccccc1)C(C)(C)C. The van der Waals surface area contributed by atoms with Gasteiger partial charge in [-0.25, -0.2) is 0 Å². The second-order valence-corrected chi connectivity index (χ2v) is 6.01. The summed E-state index contributed by atoms with van der Waals surface area (Å²) in [6.45, 7) is 8.47. The Hall–Kier alpha value is -1.79. The number of unbranched alkanes of at least 4 members (excludes halogenated alkanes) is 1. The van der Waals surface area contributed by atoms with Crippen LogP contribution in [0.1, 0.15) is 50.9 Å². The third-order valence-corrected chi connectivity index (χ3v) is 3.07. The second-order valence-electron chi connectivity index (χ2n) is 6.01. The maximum absolute atomic E-state index is 12.2. The zero-order valence-corrected chi connectivity index (χ0v) is 12.9. The van der Waals surface area contributed by atoms with Crippen LogP contribution in [0.3, 0.4) is 0 Å². The zero-order valence-electron chi connectivity index (χ0n) is 12.9. The summed E-state index contributed by atoms with van der Waals surface area (Å²) in [5.41, 5.74) is 3.83. The van der Waals surface area contributed by atoms with Gasteiger partial charge in [-0.2, -0.15) is 0 Å². The molecule has 108 valence electrons. The monoisotopic (exact) mass is 271 g/mol.